The van der Waals surface area contributed by atoms with Gasteiger partial charge in [0, 0.05) is 7.05 Å². The third kappa shape index (κ3) is 2.24. The SMILES string of the molecule is Cc1ncn(Cc2nnc(C)n2C)c(=O)c1I. The molecule has 2 heterocycles. The lowest BCUT2D eigenvalue weighted by molar-refractivity contribution is 0.654. The number of halogens is 1. The third-order valence-corrected chi connectivity index (χ3v) is 3.89. The van der Waals surface area contributed by atoms with Gasteiger partial charge in [-0.15, -0.1) is 10.2 Å². The highest BCUT2D eigenvalue weighted by Crippen LogP contribution is 2.03. The summed E-state index contributed by atoms with van der Waals surface area (Å²) in [4.78, 5) is 16.1. The van der Waals surface area contributed by atoms with E-state index in [0.29, 0.717) is 10.1 Å². The van der Waals surface area contributed by atoms with E-state index in [1.807, 2.05) is 48.1 Å². The van der Waals surface area contributed by atoms with Crippen LogP contribution < -0.4 is 5.56 Å². The molecule has 0 unspecified atom stereocenters. The third-order valence-electron chi connectivity index (χ3n) is 2.65. The largest absolute Gasteiger partial charge is 0.317 e. The molecule has 0 aromatic carbocycles. The highest BCUT2D eigenvalue weighted by Gasteiger charge is 2.09. The Morgan fingerprint density at radius 2 is 2.06 bits per heavy atom. The Morgan fingerprint density at radius 3 is 2.65 bits per heavy atom. The number of aromatic nitrogens is 5. The second kappa shape index (κ2) is 4.55. The molecule has 0 aliphatic rings. The van der Waals surface area contributed by atoms with Crippen LogP contribution in [0.1, 0.15) is 17.3 Å². The van der Waals surface area contributed by atoms with Crippen LogP contribution in [0.2, 0.25) is 0 Å². The van der Waals surface area contributed by atoms with E-state index in [0.717, 1.165) is 17.3 Å². The van der Waals surface area contributed by atoms with Crippen molar-refractivity contribution < 1.29 is 0 Å². The van der Waals surface area contributed by atoms with Crippen molar-refractivity contribution in [3.8, 4) is 0 Å². The molecule has 90 valence electrons. The van der Waals surface area contributed by atoms with E-state index >= 15 is 0 Å². The maximum absolute atomic E-state index is 12.0. The maximum atomic E-state index is 12.0. The molecule has 2 aromatic heterocycles. The molecule has 0 N–H and O–H groups in total. The quantitative estimate of drug-likeness (QED) is 0.750. The Labute approximate surface area is 112 Å². The van der Waals surface area contributed by atoms with Crippen LogP contribution in [0.15, 0.2) is 11.1 Å². The van der Waals surface area contributed by atoms with Gasteiger partial charge in [-0.3, -0.25) is 9.36 Å². The van der Waals surface area contributed by atoms with Gasteiger partial charge < -0.3 is 4.57 Å². The lowest BCUT2D eigenvalue weighted by Gasteiger charge is -2.06. The van der Waals surface area contributed by atoms with Crippen molar-refractivity contribution in [1.29, 1.82) is 0 Å². The molecule has 0 spiro atoms. The fraction of sp³-hybridized carbons (Fsp3) is 0.400. The predicted octanol–water partition coefficient (Wildman–Crippen LogP) is 0.642. The number of nitrogens with zero attached hydrogens (tertiary/aromatic N) is 5. The van der Waals surface area contributed by atoms with Crippen LogP contribution in [0.25, 0.3) is 0 Å². The Hall–Kier alpha value is -1.25. The van der Waals surface area contributed by atoms with Crippen LogP contribution in [-0.2, 0) is 13.6 Å². The summed E-state index contributed by atoms with van der Waals surface area (Å²) in [6, 6.07) is 0. The minimum Gasteiger partial charge on any atom is -0.317 e. The molecular formula is C10H12IN5O. The zero-order valence-electron chi connectivity index (χ0n) is 9.81. The Kier molecular flexibility index (Phi) is 3.27. The minimum absolute atomic E-state index is 0.0428. The lowest BCUT2D eigenvalue weighted by Crippen LogP contribution is -2.25. The van der Waals surface area contributed by atoms with Crippen molar-refractivity contribution in [2.24, 2.45) is 7.05 Å². The molecule has 0 saturated heterocycles. The Bertz CT molecular complexity index is 616. The zero-order valence-corrected chi connectivity index (χ0v) is 12.0. The van der Waals surface area contributed by atoms with Crippen molar-refractivity contribution in [3.63, 3.8) is 0 Å². The molecule has 2 rings (SSSR count). The van der Waals surface area contributed by atoms with Gasteiger partial charge in [-0.2, -0.15) is 0 Å². The van der Waals surface area contributed by atoms with E-state index in [1.54, 1.807) is 6.33 Å². The highest BCUT2D eigenvalue weighted by molar-refractivity contribution is 14.1. The first-order valence-electron chi connectivity index (χ1n) is 5.07. The van der Waals surface area contributed by atoms with E-state index in [1.165, 1.54) is 4.57 Å². The van der Waals surface area contributed by atoms with Gasteiger partial charge in [-0.05, 0) is 36.4 Å². The first-order chi connectivity index (χ1) is 8.00. The maximum Gasteiger partial charge on any atom is 0.267 e. The molecule has 0 aliphatic carbocycles. The Morgan fingerprint density at radius 1 is 1.35 bits per heavy atom. The molecule has 0 atom stereocenters. The second-order valence-corrected chi connectivity index (χ2v) is 4.88. The summed E-state index contributed by atoms with van der Waals surface area (Å²) in [5.74, 6) is 1.56. The van der Waals surface area contributed by atoms with Crippen molar-refractivity contribution in [3.05, 3.63) is 37.6 Å². The lowest BCUT2D eigenvalue weighted by atomic mass is 10.4. The predicted molar refractivity (Wildman–Crippen MR) is 70.8 cm³/mol. The minimum atomic E-state index is -0.0428. The molecule has 0 saturated carbocycles. The summed E-state index contributed by atoms with van der Waals surface area (Å²) < 4.78 is 4.04. The fourth-order valence-corrected chi connectivity index (χ4v) is 1.85. The van der Waals surface area contributed by atoms with Gasteiger partial charge in [0.15, 0.2) is 5.82 Å². The highest BCUT2D eigenvalue weighted by atomic mass is 127. The molecule has 0 fully saturated rings. The summed E-state index contributed by atoms with van der Waals surface area (Å²) in [5.41, 5.74) is 0.708. The summed E-state index contributed by atoms with van der Waals surface area (Å²) in [7, 11) is 1.88. The van der Waals surface area contributed by atoms with Crippen molar-refractivity contribution >= 4 is 22.6 Å². The van der Waals surface area contributed by atoms with E-state index in [4.69, 9.17) is 0 Å². The van der Waals surface area contributed by atoms with Gasteiger partial charge in [0.05, 0.1) is 22.1 Å². The average molecular weight is 345 g/mol. The summed E-state index contributed by atoms with van der Waals surface area (Å²) in [5, 5.41) is 7.98. The number of rotatable bonds is 2. The van der Waals surface area contributed by atoms with Gasteiger partial charge in [-0.25, -0.2) is 4.98 Å². The topological polar surface area (TPSA) is 65.6 Å². The van der Waals surface area contributed by atoms with Gasteiger partial charge in [0.1, 0.15) is 5.82 Å². The van der Waals surface area contributed by atoms with Crippen LogP contribution in [-0.4, -0.2) is 24.3 Å². The Balaban J connectivity index is 2.41. The van der Waals surface area contributed by atoms with Gasteiger partial charge in [0.25, 0.3) is 5.56 Å². The number of hydrogen-bond acceptors (Lipinski definition) is 4. The molecular weight excluding hydrogens is 333 g/mol. The van der Waals surface area contributed by atoms with E-state index in [2.05, 4.69) is 15.2 Å². The summed E-state index contributed by atoms with van der Waals surface area (Å²) >= 11 is 2.01. The van der Waals surface area contributed by atoms with E-state index < -0.39 is 0 Å². The smallest absolute Gasteiger partial charge is 0.267 e. The molecule has 6 nitrogen and oxygen atoms in total. The molecule has 7 heteroatoms. The summed E-state index contributed by atoms with van der Waals surface area (Å²) in [6.07, 6.45) is 1.55. The van der Waals surface area contributed by atoms with Crippen LogP contribution in [0.3, 0.4) is 0 Å². The van der Waals surface area contributed by atoms with Gasteiger partial charge in [0.2, 0.25) is 0 Å². The van der Waals surface area contributed by atoms with Gasteiger partial charge >= 0.3 is 0 Å². The van der Waals surface area contributed by atoms with Crippen LogP contribution in [0.4, 0.5) is 0 Å². The molecule has 0 radical (unpaired) electrons. The number of hydrogen-bond donors (Lipinski definition) is 0. The van der Waals surface area contributed by atoms with Crippen LogP contribution in [0, 0.1) is 17.4 Å². The van der Waals surface area contributed by atoms with Crippen molar-refractivity contribution in [2.75, 3.05) is 0 Å². The normalized spacial score (nSPS) is 10.8. The van der Waals surface area contributed by atoms with Crippen molar-refractivity contribution in [1.82, 2.24) is 24.3 Å². The van der Waals surface area contributed by atoms with Gasteiger partial charge in [-0.1, -0.05) is 0 Å². The second-order valence-electron chi connectivity index (χ2n) is 3.80. The molecule has 0 aliphatic heterocycles. The van der Waals surface area contributed by atoms with E-state index in [-0.39, 0.29) is 5.56 Å². The standard InChI is InChI=1S/C10H12IN5O/c1-6-9(11)10(17)16(5-12-6)4-8-14-13-7(2)15(8)3/h5H,4H2,1-3H3. The molecule has 0 amide bonds. The summed E-state index contributed by atoms with van der Waals surface area (Å²) in [6.45, 7) is 4.08. The monoisotopic (exact) mass is 345 g/mol. The van der Waals surface area contributed by atoms with Crippen LogP contribution >= 0.6 is 22.6 Å². The van der Waals surface area contributed by atoms with Crippen LogP contribution in [0.5, 0.6) is 0 Å². The first kappa shape index (κ1) is 12.2. The van der Waals surface area contributed by atoms with E-state index in [9.17, 15) is 4.79 Å². The number of aryl methyl sites for hydroxylation is 2. The van der Waals surface area contributed by atoms with Crippen molar-refractivity contribution in [2.45, 2.75) is 20.4 Å². The average Bonchev–Trinajstić information content (AvgIpc) is 2.62. The zero-order chi connectivity index (χ0) is 12.6. The molecule has 0 bridgehead atoms. The molecule has 2 aromatic rings. The molecule has 17 heavy (non-hydrogen) atoms. The fourth-order valence-electron chi connectivity index (χ4n) is 1.40. The first-order valence-corrected chi connectivity index (χ1v) is 6.15.